The third-order valence-electron chi connectivity index (χ3n) is 1.79. The van der Waals surface area contributed by atoms with E-state index in [0.29, 0.717) is 11.7 Å². The molecule has 10 heavy (non-hydrogen) atoms. The minimum Gasteiger partial charge on any atom is -0.484 e. The highest BCUT2D eigenvalue weighted by Gasteiger charge is 2.29. The Balaban J connectivity index is 2.29. The van der Waals surface area contributed by atoms with Gasteiger partial charge in [-0.1, -0.05) is 0 Å². The summed E-state index contributed by atoms with van der Waals surface area (Å²) < 4.78 is 5.22. The van der Waals surface area contributed by atoms with Gasteiger partial charge >= 0.3 is 0 Å². The Morgan fingerprint density at radius 3 is 2.70 bits per heavy atom. The summed E-state index contributed by atoms with van der Waals surface area (Å²) in [6.45, 7) is 3.64. The number of carbonyl (C=O) groups excluding carboxylic acids is 1. The largest absolute Gasteiger partial charge is 0.484 e. The molecule has 0 heterocycles. The van der Waals surface area contributed by atoms with Crippen molar-refractivity contribution in [3.8, 4) is 0 Å². The van der Waals surface area contributed by atoms with Gasteiger partial charge in [0, 0.05) is 6.92 Å². The average Bonchev–Trinajstić information content (AvgIpc) is 2.68. The second-order valence-corrected chi connectivity index (χ2v) is 2.82. The zero-order valence-electron chi connectivity index (χ0n) is 6.39. The predicted molar refractivity (Wildman–Crippen MR) is 38.2 cm³/mol. The molecular weight excluding hydrogens is 128 g/mol. The van der Waals surface area contributed by atoms with Crippen LogP contribution in [0.3, 0.4) is 0 Å². The van der Waals surface area contributed by atoms with Gasteiger partial charge in [0.25, 0.3) is 0 Å². The molecule has 1 fully saturated rings. The van der Waals surface area contributed by atoms with Crippen molar-refractivity contribution in [2.24, 2.45) is 5.92 Å². The fourth-order valence-corrected chi connectivity index (χ4v) is 0.965. The normalized spacial score (nSPS) is 19.4. The lowest BCUT2D eigenvalue weighted by molar-refractivity contribution is 0.117. The van der Waals surface area contributed by atoms with E-state index in [0.717, 1.165) is 0 Å². The van der Waals surface area contributed by atoms with Crippen molar-refractivity contribution in [1.29, 1.82) is 0 Å². The summed E-state index contributed by atoms with van der Waals surface area (Å²) in [4.78, 5) is 10.00. The van der Waals surface area contributed by atoms with E-state index in [4.69, 9.17) is 4.74 Å². The van der Waals surface area contributed by atoms with Crippen molar-refractivity contribution in [2.45, 2.75) is 32.8 Å². The topological polar surface area (TPSA) is 26.3 Å². The monoisotopic (exact) mass is 140 g/mol. The van der Waals surface area contributed by atoms with Crippen molar-refractivity contribution in [3.05, 3.63) is 5.76 Å². The van der Waals surface area contributed by atoms with E-state index in [1.807, 2.05) is 6.92 Å². The van der Waals surface area contributed by atoms with Crippen LogP contribution < -0.4 is 0 Å². The van der Waals surface area contributed by atoms with E-state index in [1.54, 1.807) is 12.9 Å². The van der Waals surface area contributed by atoms with Gasteiger partial charge in [-0.3, -0.25) is 0 Å². The first-order valence-electron chi connectivity index (χ1n) is 3.62. The van der Waals surface area contributed by atoms with E-state index in [2.05, 4.69) is 0 Å². The fourth-order valence-electron chi connectivity index (χ4n) is 0.965. The van der Waals surface area contributed by atoms with Crippen LogP contribution in [0.4, 0.5) is 0 Å². The fraction of sp³-hybridized carbons (Fsp3) is 0.750. The predicted octanol–water partition coefficient (Wildman–Crippen LogP) is 1.54. The molecule has 0 aromatic heterocycles. The van der Waals surface area contributed by atoms with Crippen LogP contribution in [-0.2, 0) is 9.53 Å². The van der Waals surface area contributed by atoms with Crippen LogP contribution in [0.5, 0.6) is 0 Å². The van der Waals surface area contributed by atoms with E-state index in [-0.39, 0.29) is 6.10 Å². The molecule has 0 aliphatic heterocycles. The first-order valence-corrected chi connectivity index (χ1v) is 3.62. The average molecular weight is 140 g/mol. The Bertz CT molecular complexity index is 164. The third-order valence-corrected chi connectivity index (χ3v) is 1.79. The minimum absolute atomic E-state index is 0.210. The Morgan fingerprint density at radius 2 is 2.30 bits per heavy atom. The molecule has 1 aliphatic rings. The highest BCUT2D eigenvalue weighted by atomic mass is 16.5. The van der Waals surface area contributed by atoms with Gasteiger partial charge < -0.3 is 4.74 Å². The zero-order chi connectivity index (χ0) is 7.56. The van der Waals surface area contributed by atoms with E-state index < -0.39 is 0 Å². The highest BCUT2D eigenvalue weighted by Crippen LogP contribution is 2.34. The van der Waals surface area contributed by atoms with E-state index >= 15 is 0 Å². The Hall–Kier alpha value is -0.750. The third kappa shape index (κ3) is 1.89. The second kappa shape index (κ2) is 2.89. The van der Waals surface area contributed by atoms with E-state index in [1.165, 1.54) is 12.8 Å². The molecule has 0 amide bonds. The molecule has 1 atom stereocenters. The van der Waals surface area contributed by atoms with E-state index in [9.17, 15) is 4.79 Å². The van der Waals surface area contributed by atoms with Crippen molar-refractivity contribution < 1.29 is 9.53 Å². The number of hydrogen-bond acceptors (Lipinski definition) is 2. The van der Waals surface area contributed by atoms with Gasteiger partial charge in [0.1, 0.15) is 0 Å². The summed E-state index contributed by atoms with van der Waals surface area (Å²) in [6, 6.07) is 0. The van der Waals surface area contributed by atoms with Gasteiger partial charge in [0.15, 0.2) is 11.7 Å². The number of ether oxygens (including phenoxy) is 1. The van der Waals surface area contributed by atoms with Gasteiger partial charge in [0.05, 0.1) is 6.10 Å². The molecule has 0 spiro atoms. The van der Waals surface area contributed by atoms with Crippen molar-refractivity contribution >= 4 is 5.94 Å². The van der Waals surface area contributed by atoms with Gasteiger partial charge in [-0.25, -0.2) is 4.79 Å². The van der Waals surface area contributed by atoms with Crippen LogP contribution in [0.2, 0.25) is 0 Å². The van der Waals surface area contributed by atoms with Crippen LogP contribution in [0.1, 0.15) is 26.7 Å². The quantitative estimate of drug-likeness (QED) is 0.439. The van der Waals surface area contributed by atoms with Gasteiger partial charge in [-0.2, -0.15) is 0 Å². The molecular formula is C8H12O2. The number of allylic oxidation sites excluding steroid dienone is 1. The number of rotatable bonds is 3. The van der Waals surface area contributed by atoms with Gasteiger partial charge in [0.2, 0.25) is 0 Å². The molecule has 0 aromatic carbocycles. The number of hydrogen-bond donors (Lipinski definition) is 0. The Kier molecular flexibility index (Phi) is 2.13. The second-order valence-electron chi connectivity index (χ2n) is 2.82. The van der Waals surface area contributed by atoms with Crippen molar-refractivity contribution in [3.63, 3.8) is 0 Å². The summed E-state index contributed by atoms with van der Waals surface area (Å²) in [6.07, 6.45) is 2.70. The van der Waals surface area contributed by atoms with Crippen LogP contribution in [-0.4, -0.2) is 12.0 Å². The summed E-state index contributed by atoms with van der Waals surface area (Å²) in [5.74, 6) is 2.78. The van der Waals surface area contributed by atoms with Crippen LogP contribution >= 0.6 is 0 Å². The summed E-state index contributed by atoms with van der Waals surface area (Å²) >= 11 is 0. The highest BCUT2D eigenvalue weighted by molar-refractivity contribution is 5.48. The Morgan fingerprint density at radius 1 is 1.70 bits per heavy atom. The molecule has 0 bridgehead atoms. The molecule has 0 aromatic rings. The Labute approximate surface area is 60.9 Å². The molecule has 1 aliphatic carbocycles. The lowest BCUT2D eigenvalue weighted by atomic mass is 10.3. The molecule has 1 unspecified atom stereocenters. The lowest BCUT2D eigenvalue weighted by Gasteiger charge is -2.10. The van der Waals surface area contributed by atoms with Gasteiger partial charge in [-0.05, 0) is 25.7 Å². The molecule has 0 radical (unpaired) electrons. The summed E-state index contributed by atoms with van der Waals surface area (Å²) in [5, 5.41) is 0. The van der Waals surface area contributed by atoms with Crippen LogP contribution in [0.15, 0.2) is 5.76 Å². The molecule has 2 nitrogen and oxygen atoms in total. The maximum absolute atomic E-state index is 10.00. The van der Waals surface area contributed by atoms with Crippen molar-refractivity contribution in [2.75, 3.05) is 0 Å². The maximum Gasteiger partial charge on any atom is 0.176 e. The molecule has 0 N–H and O–H groups in total. The summed E-state index contributed by atoms with van der Waals surface area (Å²) in [5.41, 5.74) is 0. The molecule has 1 saturated carbocycles. The van der Waals surface area contributed by atoms with Crippen LogP contribution in [0, 0.1) is 5.92 Å². The molecule has 0 saturated heterocycles. The lowest BCUT2D eigenvalue weighted by Crippen LogP contribution is -2.08. The van der Waals surface area contributed by atoms with Crippen LogP contribution in [0.25, 0.3) is 0 Å². The summed E-state index contributed by atoms with van der Waals surface area (Å²) in [7, 11) is 0. The standard InChI is InChI=1S/C8H12O2/c1-6(5-9)10-7(2)8-3-4-8/h7-8H,3-4H2,1-2H3. The first kappa shape index (κ1) is 7.36. The molecule has 56 valence electrons. The minimum atomic E-state index is 0.210. The zero-order valence-corrected chi connectivity index (χ0v) is 6.39. The smallest absolute Gasteiger partial charge is 0.176 e. The molecule has 1 rings (SSSR count). The SMILES string of the molecule is CC(=C=O)OC(C)C1CC1. The van der Waals surface area contributed by atoms with Gasteiger partial charge in [-0.15, -0.1) is 0 Å². The maximum atomic E-state index is 10.00. The van der Waals surface area contributed by atoms with Crippen molar-refractivity contribution in [1.82, 2.24) is 0 Å². The first-order chi connectivity index (χ1) is 4.74. The molecule has 2 heteroatoms.